The summed E-state index contributed by atoms with van der Waals surface area (Å²) in [6.07, 6.45) is 0.841. The van der Waals surface area contributed by atoms with Crippen LogP contribution in [0.4, 0.5) is 17.3 Å². The van der Waals surface area contributed by atoms with E-state index in [0.29, 0.717) is 12.4 Å². The minimum Gasteiger partial charge on any atom is -0.383 e. The second-order valence-corrected chi connectivity index (χ2v) is 4.48. The average Bonchev–Trinajstić information content (AvgIpc) is 2.81. The number of nitro groups is 1. The fourth-order valence-corrected chi connectivity index (χ4v) is 2.21. The molecule has 0 unspecified atom stereocenters. The molecule has 0 fully saturated rings. The normalized spacial score (nSPS) is 10.2. The van der Waals surface area contributed by atoms with Gasteiger partial charge in [0.05, 0.1) is 17.1 Å². The number of nitrogens with two attached hydrogens (primary N) is 1. The SMILES string of the molecule is Nc1cc([N+](=O)[O-])cc(NCCc2ccsc2)n1. The van der Waals surface area contributed by atoms with Crippen LogP contribution in [0.3, 0.4) is 0 Å². The maximum absolute atomic E-state index is 10.7. The summed E-state index contributed by atoms with van der Waals surface area (Å²) in [5.41, 5.74) is 6.68. The van der Waals surface area contributed by atoms with Crippen LogP contribution in [-0.2, 0) is 6.42 Å². The summed E-state index contributed by atoms with van der Waals surface area (Å²) in [7, 11) is 0. The van der Waals surface area contributed by atoms with Crippen LogP contribution in [0.15, 0.2) is 29.0 Å². The Bertz CT molecular complexity index is 542. The molecule has 0 spiro atoms. The standard InChI is InChI=1S/C11H12N4O2S/c12-10-5-9(15(16)17)6-11(14-10)13-3-1-8-2-4-18-7-8/h2,4-7H,1,3H2,(H3,12,13,14). The largest absolute Gasteiger partial charge is 0.383 e. The highest BCUT2D eigenvalue weighted by Crippen LogP contribution is 2.18. The molecule has 0 aliphatic carbocycles. The van der Waals surface area contributed by atoms with Crippen molar-refractivity contribution in [1.29, 1.82) is 0 Å². The molecule has 0 bridgehead atoms. The first-order valence-corrected chi connectivity index (χ1v) is 6.26. The molecule has 2 aromatic rings. The van der Waals surface area contributed by atoms with E-state index in [1.54, 1.807) is 11.3 Å². The van der Waals surface area contributed by atoms with Crippen LogP contribution in [0.5, 0.6) is 0 Å². The van der Waals surface area contributed by atoms with E-state index in [4.69, 9.17) is 5.73 Å². The van der Waals surface area contributed by atoms with Gasteiger partial charge in [-0.1, -0.05) is 0 Å². The molecule has 7 heteroatoms. The van der Waals surface area contributed by atoms with Crippen molar-refractivity contribution in [3.8, 4) is 0 Å². The minimum atomic E-state index is -0.484. The highest BCUT2D eigenvalue weighted by Gasteiger charge is 2.09. The molecular weight excluding hydrogens is 252 g/mol. The Hall–Kier alpha value is -2.15. The zero-order valence-electron chi connectivity index (χ0n) is 9.50. The van der Waals surface area contributed by atoms with E-state index in [1.807, 2.05) is 11.4 Å². The quantitative estimate of drug-likeness (QED) is 0.638. The number of nitrogen functional groups attached to an aromatic ring is 1. The summed E-state index contributed by atoms with van der Waals surface area (Å²) in [5, 5.41) is 17.8. The van der Waals surface area contributed by atoms with Gasteiger partial charge in [0.1, 0.15) is 11.6 Å². The summed E-state index contributed by atoms with van der Waals surface area (Å²) in [5.74, 6) is 0.569. The third-order valence-corrected chi connectivity index (χ3v) is 3.07. The lowest BCUT2D eigenvalue weighted by atomic mass is 10.2. The van der Waals surface area contributed by atoms with Crippen molar-refractivity contribution < 1.29 is 4.92 Å². The minimum absolute atomic E-state index is 0.0551. The van der Waals surface area contributed by atoms with Crippen molar-refractivity contribution in [2.75, 3.05) is 17.6 Å². The molecule has 0 aliphatic rings. The molecule has 6 nitrogen and oxygen atoms in total. The van der Waals surface area contributed by atoms with Gasteiger partial charge < -0.3 is 11.1 Å². The Morgan fingerprint density at radius 2 is 2.33 bits per heavy atom. The second kappa shape index (κ2) is 5.46. The van der Waals surface area contributed by atoms with Gasteiger partial charge in [0.15, 0.2) is 0 Å². The van der Waals surface area contributed by atoms with Gasteiger partial charge in [0.25, 0.3) is 5.69 Å². The van der Waals surface area contributed by atoms with E-state index < -0.39 is 4.92 Å². The van der Waals surface area contributed by atoms with Crippen molar-refractivity contribution in [3.05, 3.63) is 44.6 Å². The molecule has 0 atom stereocenters. The lowest BCUT2D eigenvalue weighted by Gasteiger charge is -2.05. The molecule has 0 saturated heterocycles. The van der Waals surface area contributed by atoms with Crippen LogP contribution in [0.25, 0.3) is 0 Å². The zero-order chi connectivity index (χ0) is 13.0. The van der Waals surface area contributed by atoms with E-state index in [-0.39, 0.29) is 11.5 Å². The lowest BCUT2D eigenvalue weighted by molar-refractivity contribution is -0.384. The third-order valence-electron chi connectivity index (χ3n) is 2.34. The van der Waals surface area contributed by atoms with Crippen molar-refractivity contribution in [1.82, 2.24) is 4.98 Å². The Balaban J connectivity index is 1.98. The fraction of sp³-hybridized carbons (Fsp3) is 0.182. The number of rotatable bonds is 5. The molecule has 18 heavy (non-hydrogen) atoms. The van der Waals surface area contributed by atoms with E-state index >= 15 is 0 Å². The second-order valence-electron chi connectivity index (χ2n) is 3.70. The predicted octanol–water partition coefficient (Wildman–Crippen LogP) is 2.29. The number of hydrogen-bond acceptors (Lipinski definition) is 6. The van der Waals surface area contributed by atoms with E-state index in [1.165, 1.54) is 17.7 Å². The Labute approximate surface area is 108 Å². The first-order chi connectivity index (χ1) is 8.65. The summed E-state index contributed by atoms with van der Waals surface area (Å²) in [6.45, 7) is 0.657. The number of aromatic nitrogens is 1. The maximum atomic E-state index is 10.7. The van der Waals surface area contributed by atoms with Gasteiger partial charge in [0, 0.05) is 6.54 Å². The Kier molecular flexibility index (Phi) is 3.73. The van der Waals surface area contributed by atoms with Crippen LogP contribution in [0.2, 0.25) is 0 Å². The lowest BCUT2D eigenvalue weighted by Crippen LogP contribution is -2.07. The summed E-state index contributed by atoms with van der Waals surface area (Å²) < 4.78 is 0. The van der Waals surface area contributed by atoms with Gasteiger partial charge in [0.2, 0.25) is 0 Å². The van der Waals surface area contributed by atoms with Gasteiger partial charge in [-0.3, -0.25) is 10.1 Å². The molecule has 0 radical (unpaired) electrons. The number of nitrogens with zero attached hydrogens (tertiary/aromatic N) is 2. The molecule has 2 heterocycles. The first-order valence-electron chi connectivity index (χ1n) is 5.32. The number of hydrogen-bond donors (Lipinski definition) is 2. The number of nitrogens with one attached hydrogen (secondary N) is 1. The highest BCUT2D eigenvalue weighted by atomic mass is 32.1. The van der Waals surface area contributed by atoms with Crippen molar-refractivity contribution in [3.63, 3.8) is 0 Å². The molecule has 2 aromatic heterocycles. The van der Waals surface area contributed by atoms with E-state index in [0.717, 1.165) is 6.42 Å². The average molecular weight is 264 g/mol. The zero-order valence-corrected chi connectivity index (χ0v) is 10.3. The Morgan fingerprint density at radius 1 is 1.50 bits per heavy atom. The molecule has 0 aliphatic heterocycles. The molecule has 94 valence electrons. The number of pyridine rings is 1. The van der Waals surface area contributed by atoms with Gasteiger partial charge in [-0.2, -0.15) is 11.3 Å². The number of thiophene rings is 1. The van der Waals surface area contributed by atoms with Gasteiger partial charge >= 0.3 is 0 Å². The monoisotopic (exact) mass is 264 g/mol. The molecule has 2 rings (SSSR count). The molecule has 3 N–H and O–H groups in total. The van der Waals surface area contributed by atoms with Crippen LogP contribution < -0.4 is 11.1 Å². The number of anilines is 2. The van der Waals surface area contributed by atoms with Crippen molar-refractivity contribution in [2.45, 2.75) is 6.42 Å². The Morgan fingerprint density at radius 3 is 3.00 bits per heavy atom. The van der Waals surface area contributed by atoms with Gasteiger partial charge in [-0.15, -0.1) is 0 Å². The van der Waals surface area contributed by atoms with Gasteiger partial charge in [-0.25, -0.2) is 4.98 Å². The third kappa shape index (κ3) is 3.17. The first kappa shape index (κ1) is 12.3. The summed E-state index contributed by atoms with van der Waals surface area (Å²) in [6, 6.07) is 4.66. The topological polar surface area (TPSA) is 94.1 Å². The summed E-state index contributed by atoms with van der Waals surface area (Å²) in [4.78, 5) is 14.2. The predicted molar refractivity (Wildman–Crippen MR) is 71.8 cm³/mol. The summed E-state index contributed by atoms with van der Waals surface area (Å²) >= 11 is 1.64. The van der Waals surface area contributed by atoms with Gasteiger partial charge in [-0.05, 0) is 28.8 Å². The highest BCUT2D eigenvalue weighted by molar-refractivity contribution is 7.07. The smallest absolute Gasteiger partial charge is 0.276 e. The van der Waals surface area contributed by atoms with Crippen molar-refractivity contribution >= 4 is 28.7 Å². The van der Waals surface area contributed by atoms with Crippen molar-refractivity contribution in [2.24, 2.45) is 0 Å². The fourth-order valence-electron chi connectivity index (χ4n) is 1.50. The molecule has 0 saturated carbocycles. The van der Waals surface area contributed by atoms with E-state index in [9.17, 15) is 10.1 Å². The van der Waals surface area contributed by atoms with Crippen LogP contribution in [0.1, 0.15) is 5.56 Å². The van der Waals surface area contributed by atoms with E-state index in [2.05, 4.69) is 15.7 Å². The molecular formula is C11H12N4O2S. The van der Waals surface area contributed by atoms with Crippen LogP contribution in [-0.4, -0.2) is 16.5 Å². The maximum Gasteiger partial charge on any atom is 0.276 e. The molecule has 0 aromatic carbocycles. The molecule has 0 amide bonds. The van der Waals surface area contributed by atoms with Crippen LogP contribution >= 0.6 is 11.3 Å². The van der Waals surface area contributed by atoms with Crippen LogP contribution in [0, 0.1) is 10.1 Å².